The van der Waals surface area contributed by atoms with Crippen LogP contribution in [0.15, 0.2) is 24.3 Å². The molecule has 1 fully saturated rings. The lowest BCUT2D eigenvalue weighted by Gasteiger charge is -2.26. The van der Waals surface area contributed by atoms with E-state index in [0.717, 1.165) is 45.2 Å². The predicted octanol–water partition coefficient (Wildman–Crippen LogP) is 3.18. The lowest BCUT2D eigenvalue weighted by atomic mass is 9.99. The fraction of sp³-hybridized carbons (Fsp3) is 0.588. The minimum absolute atomic E-state index is 0.290. The first-order chi connectivity index (χ1) is 9.74. The maximum absolute atomic E-state index is 12.4. The fourth-order valence-corrected chi connectivity index (χ4v) is 3.09. The summed E-state index contributed by atoms with van der Waals surface area (Å²) in [6.07, 6.45) is 5.93. The predicted molar refractivity (Wildman–Crippen MR) is 82.4 cm³/mol. The number of rotatable bonds is 6. The first-order valence-electron chi connectivity index (χ1n) is 7.79. The molecule has 1 amide bonds. The quantitative estimate of drug-likeness (QED) is 0.810. The van der Waals surface area contributed by atoms with Gasteiger partial charge in [-0.25, -0.2) is 0 Å². The highest BCUT2D eigenvalue weighted by Crippen LogP contribution is 2.34. The standard InChI is InChI=1S/C17H26N2O/c1-14-8-4-5-9-15(14)16-10-7-13-19(16)17(20)11-3-2-6-12-18/h4-5,8-9,16H,2-3,6-7,10-13,18H2,1H3. The van der Waals surface area contributed by atoms with E-state index in [-0.39, 0.29) is 0 Å². The molecule has 0 aliphatic carbocycles. The highest BCUT2D eigenvalue weighted by Gasteiger charge is 2.29. The molecule has 1 unspecified atom stereocenters. The van der Waals surface area contributed by atoms with E-state index in [1.165, 1.54) is 11.1 Å². The third kappa shape index (κ3) is 3.60. The van der Waals surface area contributed by atoms with Crippen LogP contribution < -0.4 is 5.73 Å². The molecule has 1 atom stereocenters. The summed E-state index contributed by atoms with van der Waals surface area (Å²) in [5.41, 5.74) is 8.10. The van der Waals surface area contributed by atoms with E-state index >= 15 is 0 Å². The largest absolute Gasteiger partial charge is 0.336 e. The highest BCUT2D eigenvalue weighted by molar-refractivity contribution is 5.77. The van der Waals surface area contributed by atoms with Crippen LogP contribution in [-0.4, -0.2) is 23.9 Å². The second kappa shape index (κ2) is 7.44. The minimum atomic E-state index is 0.290. The molecule has 0 aromatic heterocycles. The highest BCUT2D eigenvalue weighted by atomic mass is 16.2. The van der Waals surface area contributed by atoms with E-state index in [0.29, 0.717) is 18.4 Å². The Balaban J connectivity index is 1.97. The molecule has 2 rings (SSSR count). The number of likely N-dealkylation sites (tertiary alicyclic amines) is 1. The average molecular weight is 274 g/mol. The van der Waals surface area contributed by atoms with Gasteiger partial charge in [-0.15, -0.1) is 0 Å². The first kappa shape index (κ1) is 15.0. The molecule has 20 heavy (non-hydrogen) atoms. The molecule has 1 aromatic rings. The second-order valence-corrected chi connectivity index (χ2v) is 5.70. The smallest absolute Gasteiger partial charge is 0.223 e. The van der Waals surface area contributed by atoms with E-state index in [4.69, 9.17) is 5.73 Å². The maximum Gasteiger partial charge on any atom is 0.223 e. The van der Waals surface area contributed by atoms with Crippen molar-refractivity contribution in [1.29, 1.82) is 0 Å². The summed E-state index contributed by atoms with van der Waals surface area (Å²) in [5, 5.41) is 0. The zero-order valence-corrected chi connectivity index (χ0v) is 12.5. The van der Waals surface area contributed by atoms with Gasteiger partial charge in [-0.05, 0) is 50.3 Å². The maximum atomic E-state index is 12.4. The third-order valence-corrected chi connectivity index (χ3v) is 4.22. The van der Waals surface area contributed by atoms with E-state index in [9.17, 15) is 4.79 Å². The Hall–Kier alpha value is -1.35. The Kier molecular flexibility index (Phi) is 5.60. The average Bonchev–Trinajstić information content (AvgIpc) is 2.93. The van der Waals surface area contributed by atoms with E-state index in [1.54, 1.807) is 0 Å². The Bertz CT molecular complexity index is 444. The van der Waals surface area contributed by atoms with Crippen LogP contribution in [0.25, 0.3) is 0 Å². The van der Waals surface area contributed by atoms with Gasteiger partial charge < -0.3 is 10.6 Å². The summed E-state index contributed by atoms with van der Waals surface area (Å²) in [6, 6.07) is 8.73. The van der Waals surface area contributed by atoms with Gasteiger partial charge in [0, 0.05) is 13.0 Å². The number of nitrogens with zero attached hydrogens (tertiary/aromatic N) is 1. The van der Waals surface area contributed by atoms with Crippen molar-refractivity contribution in [2.75, 3.05) is 13.1 Å². The molecule has 0 saturated carbocycles. The summed E-state index contributed by atoms with van der Waals surface area (Å²) in [7, 11) is 0. The number of hydrogen-bond acceptors (Lipinski definition) is 2. The van der Waals surface area contributed by atoms with Crippen molar-refractivity contribution in [3.63, 3.8) is 0 Å². The fourth-order valence-electron chi connectivity index (χ4n) is 3.09. The third-order valence-electron chi connectivity index (χ3n) is 4.22. The lowest BCUT2D eigenvalue weighted by Crippen LogP contribution is -2.30. The van der Waals surface area contributed by atoms with Crippen LogP contribution in [0.2, 0.25) is 0 Å². The monoisotopic (exact) mass is 274 g/mol. The summed E-state index contributed by atoms with van der Waals surface area (Å²) in [4.78, 5) is 14.5. The molecule has 1 aliphatic heterocycles. The van der Waals surface area contributed by atoms with Crippen LogP contribution >= 0.6 is 0 Å². The number of carbonyl (C=O) groups excluding carboxylic acids is 1. The van der Waals surface area contributed by atoms with Gasteiger partial charge in [0.05, 0.1) is 6.04 Å². The van der Waals surface area contributed by atoms with Crippen molar-refractivity contribution < 1.29 is 4.79 Å². The zero-order chi connectivity index (χ0) is 14.4. The van der Waals surface area contributed by atoms with Crippen molar-refractivity contribution in [3.8, 4) is 0 Å². The molecule has 2 N–H and O–H groups in total. The Morgan fingerprint density at radius 1 is 1.30 bits per heavy atom. The van der Waals surface area contributed by atoms with E-state index < -0.39 is 0 Å². The molecule has 0 bridgehead atoms. The lowest BCUT2D eigenvalue weighted by molar-refractivity contribution is -0.132. The number of hydrogen-bond donors (Lipinski definition) is 1. The Labute approximate surface area is 122 Å². The van der Waals surface area contributed by atoms with Gasteiger partial charge in [-0.1, -0.05) is 30.7 Å². The number of carbonyl (C=O) groups is 1. The first-order valence-corrected chi connectivity index (χ1v) is 7.79. The summed E-state index contributed by atoms with van der Waals surface area (Å²) >= 11 is 0. The molecule has 1 aliphatic rings. The number of benzene rings is 1. The normalized spacial score (nSPS) is 18.5. The molecular formula is C17H26N2O. The topological polar surface area (TPSA) is 46.3 Å². The summed E-state index contributed by atoms with van der Waals surface area (Å²) < 4.78 is 0. The van der Waals surface area contributed by atoms with Crippen LogP contribution in [0, 0.1) is 6.92 Å². The van der Waals surface area contributed by atoms with Crippen LogP contribution in [-0.2, 0) is 4.79 Å². The molecule has 3 heteroatoms. The molecule has 1 aromatic carbocycles. The van der Waals surface area contributed by atoms with Crippen LogP contribution in [0.5, 0.6) is 0 Å². The number of amides is 1. The van der Waals surface area contributed by atoms with Crippen molar-refractivity contribution in [2.24, 2.45) is 5.73 Å². The summed E-state index contributed by atoms with van der Waals surface area (Å²) in [5.74, 6) is 0.313. The van der Waals surface area contributed by atoms with Crippen molar-refractivity contribution in [1.82, 2.24) is 4.90 Å². The second-order valence-electron chi connectivity index (χ2n) is 5.70. The van der Waals surface area contributed by atoms with Crippen molar-refractivity contribution >= 4 is 5.91 Å². The molecule has 110 valence electrons. The SMILES string of the molecule is Cc1ccccc1C1CCCN1C(=O)CCCCCN. The van der Waals surface area contributed by atoms with Crippen LogP contribution in [0.1, 0.15) is 55.7 Å². The molecular weight excluding hydrogens is 248 g/mol. The van der Waals surface area contributed by atoms with E-state index in [2.05, 4.69) is 36.1 Å². The molecule has 0 radical (unpaired) electrons. The van der Waals surface area contributed by atoms with Crippen LogP contribution in [0.4, 0.5) is 0 Å². The van der Waals surface area contributed by atoms with Gasteiger partial charge >= 0.3 is 0 Å². The number of unbranched alkanes of at least 4 members (excludes halogenated alkanes) is 2. The Morgan fingerprint density at radius 2 is 2.10 bits per heavy atom. The molecule has 1 heterocycles. The van der Waals surface area contributed by atoms with Crippen molar-refractivity contribution in [2.45, 2.75) is 51.5 Å². The van der Waals surface area contributed by atoms with Gasteiger partial charge in [-0.2, -0.15) is 0 Å². The number of aryl methyl sites for hydroxylation is 1. The molecule has 0 spiro atoms. The van der Waals surface area contributed by atoms with Crippen LogP contribution in [0.3, 0.4) is 0 Å². The van der Waals surface area contributed by atoms with Gasteiger partial charge in [0.25, 0.3) is 0 Å². The Morgan fingerprint density at radius 3 is 2.85 bits per heavy atom. The molecule has 3 nitrogen and oxygen atoms in total. The van der Waals surface area contributed by atoms with Crippen molar-refractivity contribution in [3.05, 3.63) is 35.4 Å². The van der Waals surface area contributed by atoms with Gasteiger partial charge in [0.15, 0.2) is 0 Å². The van der Waals surface area contributed by atoms with Gasteiger partial charge in [-0.3, -0.25) is 4.79 Å². The van der Waals surface area contributed by atoms with Gasteiger partial charge in [0.1, 0.15) is 0 Å². The van der Waals surface area contributed by atoms with Gasteiger partial charge in [0.2, 0.25) is 5.91 Å². The molecule has 1 saturated heterocycles. The minimum Gasteiger partial charge on any atom is -0.336 e. The van der Waals surface area contributed by atoms with E-state index in [1.807, 2.05) is 0 Å². The zero-order valence-electron chi connectivity index (χ0n) is 12.5. The summed E-state index contributed by atoms with van der Waals surface area (Å²) in [6.45, 7) is 3.77. The number of nitrogens with two attached hydrogens (primary N) is 1.